The Morgan fingerprint density at radius 1 is 0.931 bits per heavy atom. The molecule has 0 saturated carbocycles. The van der Waals surface area contributed by atoms with E-state index in [1.165, 1.54) is 5.56 Å². The lowest BCUT2D eigenvalue weighted by Crippen LogP contribution is -2.35. The molecule has 0 aromatic heterocycles. The number of hydrogen-bond donors (Lipinski definition) is 2. The summed E-state index contributed by atoms with van der Waals surface area (Å²) in [6.07, 6.45) is 1.08. The van der Waals surface area contributed by atoms with Crippen molar-refractivity contribution in [2.24, 2.45) is 0 Å². The molecule has 2 N–H and O–H groups in total. The number of hydrogen-bond acceptors (Lipinski definition) is 2. The predicted molar refractivity (Wildman–Crippen MR) is 118 cm³/mol. The summed E-state index contributed by atoms with van der Waals surface area (Å²) in [6, 6.07) is 24.1. The Hall–Kier alpha value is -3.07. The first kappa shape index (κ1) is 20.7. The number of phenolic OH excluding ortho intramolecular Hbond substituents is 1. The first-order valence-corrected chi connectivity index (χ1v) is 10.1. The van der Waals surface area contributed by atoms with Crippen LogP contribution in [0.3, 0.4) is 0 Å². The van der Waals surface area contributed by atoms with Crippen LogP contribution in [-0.2, 0) is 11.2 Å². The number of rotatable bonds is 7. The summed E-state index contributed by atoms with van der Waals surface area (Å²) < 4.78 is 0. The van der Waals surface area contributed by atoms with Gasteiger partial charge in [0, 0.05) is 23.9 Å². The smallest absolute Gasteiger partial charge is 0.221 e. The molecule has 0 fully saturated rings. The highest BCUT2D eigenvalue weighted by Gasteiger charge is 2.23. The second kappa shape index (κ2) is 9.42. The molecule has 0 aliphatic carbocycles. The Labute approximate surface area is 173 Å². The summed E-state index contributed by atoms with van der Waals surface area (Å²) in [5, 5.41) is 13.9. The minimum Gasteiger partial charge on any atom is -0.507 e. The predicted octanol–water partition coefficient (Wildman–Crippen LogP) is 5.28. The zero-order valence-corrected chi connectivity index (χ0v) is 17.4. The summed E-state index contributed by atoms with van der Waals surface area (Å²) >= 11 is 0. The van der Waals surface area contributed by atoms with Gasteiger partial charge in [0.15, 0.2) is 0 Å². The molecule has 0 spiro atoms. The SMILES string of the molecule is Cc1ccc([C@@H](CC(=O)N[C@@H](C)Cc2ccccc2)c2ccccc2)c(O)c1C. The highest BCUT2D eigenvalue weighted by atomic mass is 16.3. The molecule has 0 aliphatic heterocycles. The molecule has 150 valence electrons. The van der Waals surface area contributed by atoms with Crippen molar-refractivity contribution in [2.75, 3.05) is 0 Å². The number of aryl methyl sites for hydroxylation is 1. The van der Waals surface area contributed by atoms with Gasteiger partial charge >= 0.3 is 0 Å². The lowest BCUT2D eigenvalue weighted by Gasteiger charge is -2.22. The van der Waals surface area contributed by atoms with Crippen LogP contribution in [0.1, 0.15) is 47.1 Å². The Morgan fingerprint density at radius 2 is 1.55 bits per heavy atom. The van der Waals surface area contributed by atoms with E-state index in [0.29, 0.717) is 6.42 Å². The fourth-order valence-corrected chi connectivity index (χ4v) is 3.73. The number of phenols is 1. The molecule has 29 heavy (non-hydrogen) atoms. The summed E-state index contributed by atoms with van der Waals surface area (Å²) in [5.41, 5.74) is 4.93. The summed E-state index contributed by atoms with van der Waals surface area (Å²) in [5.74, 6) is 0.0725. The van der Waals surface area contributed by atoms with E-state index < -0.39 is 0 Å². The van der Waals surface area contributed by atoms with Crippen molar-refractivity contribution in [2.45, 2.75) is 45.6 Å². The van der Waals surface area contributed by atoms with E-state index in [1.807, 2.05) is 81.4 Å². The lowest BCUT2D eigenvalue weighted by atomic mass is 9.86. The van der Waals surface area contributed by atoms with Crippen LogP contribution >= 0.6 is 0 Å². The minimum atomic E-state index is -0.195. The van der Waals surface area contributed by atoms with Gasteiger partial charge in [-0.05, 0) is 49.4 Å². The maximum Gasteiger partial charge on any atom is 0.221 e. The zero-order chi connectivity index (χ0) is 20.8. The summed E-state index contributed by atoms with van der Waals surface area (Å²) in [7, 11) is 0. The highest BCUT2D eigenvalue weighted by molar-refractivity contribution is 5.78. The molecule has 2 atom stereocenters. The first-order chi connectivity index (χ1) is 14.0. The van der Waals surface area contributed by atoms with Gasteiger partial charge in [-0.25, -0.2) is 0 Å². The number of benzene rings is 3. The average molecular weight is 388 g/mol. The van der Waals surface area contributed by atoms with E-state index >= 15 is 0 Å². The topological polar surface area (TPSA) is 49.3 Å². The maximum absolute atomic E-state index is 12.9. The first-order valence-electron chi connectivity index (χ1n) is 10.1. The Morgan fingerprint density at radius 3 is 2.21 bits per heavy atom. The van der Waals surface area contributed by atoms with E-state index in [4.69, 9.17) is 0 Å². The second-order valence-electron chi connectivity index (χ2n) is 7.77. The van der Waals surface area contributed by atoms with Crippen LogP contribution in [0.5, 0.6) is 5.75 Å². The van der Waals surface area contributed by atoms with Crippen LogP contribution in [0.15, 0.2) is 72.8 Å². The monoisotopic (exact) mass is 387 g/mol. The number of amides is 1. The highest BCUT2D eigenvalue weighted by Crippen LogP contribution is 2.36. The molecule has 0 radical (unpaired) electrons. The molecule has 0 heterocycles. The van der Waals surface area contributed by atoms with Crippen molar-refractivity contribution in [3.05, 3.63) is 101 Å². The van der Waals surface area contributed by atoms with Gasteiger partial charge in [-0.3, -0.25) is 4.79 Å². The lowest BCUT2D eigenvalue weighted by molar-refractivity contribution is -0.121. The van der Waals surface area contributed by atoms with E-state index in [9.17, 15) is 9.90 Å². The molecular formula is C26H29NO2. The van der Waals surface area contributed by atoms with Crippen LogP contribution in [0, 0.1) is 13.8 Å². The van der Waals surface area contributed by atoms with Gasteiger partial charge in [0.25, 0.3) is 0 Å². The van der Waals surface area contributed by atoms with E-state index in [2.05, 4.69) is 17.4 Å². The molecular weight excluding hydrogens is 358 g/mol. The molecule has 3 rings (SSSR count). The zero-order valence-electron chi connectivity index (χ0n) is 17.4. The van der Waals surface area contributed by atoms with Crippen molar-refractivity contribution >= 4 is 5.91 Å². The van der Waals surface area contributed by atoms with Crippen molar-refractivity contribution in [1.29, 1.82) is 0 Å². The molecule has 3 nitrogen and oxygen atoms in total. The van der Waals surface area contributed by atoms with Gasteiger partial charge in [-0.15, -0.1) is 0 Å². The van der Waals surface area contributed by atoms with Gasteiger partial charge in [0.05, 0.1) is 0 Å². The van der Waals surface area contributed by atoms with Crippen LogP contribution in [0.2, 0.25) is 0 Å². The number of carbonyl (C=O) groups excluding carboxylic acids is 1. The fourth-order valence-electron chi connectivity index (χ4n) is 3.73. The van der Waals surface area contributed by atoms with Crippen molar-refractivity contribution < 1.29 is 9.90 Å². The number of carbonyl (C=O) groups is 1. The molecule has 0 bridgehead atoms. The molecule has 3 aromatic rings. The Bertz CT molecular complexity index is 951. The van der Waals surface area contributed by atoms with Crippen molar-refractivity contribution in [1.82, 2.24) is 5.32 Å². The molecule has 0 saturated heterocycles. The van der Waals surface area contributed by atoms with Crippen molar-refractivity contribution in [3.8, 4) is 5.75 Å². The van der Waals surface area contributed by atoms with E-state index in [1.54, 1.807) is 0 Å². The number of nitrogens with one attached hydrogen (secondary N) is 1. The third-order valence-corrected chi connectivity index (χ3v) is 5.49. The van der Waals surface area contributed by atoms with Gasteiger partial charge < -0.3 is 10.4 Å². The summed E-state index contributed by atoms with van der Waals surface area (Å²) in [6.45, 7) is 5.92. The average Bonchev–Trinajstić information content (AvgIpc) is 2.72. The van der Waals surface area contributed by atoms with Crippen molar-refractivity contribution in [3.63, 3.8) is 0 Å². The standard InChI is InChI=1S/C26H29NO2/c1-18-14-15-23(26(29)20(18)3)24(22-12-8-5-9-13-22)17-25(28)27-19(2)16-21-10-6-4-7-11-21/h4-15,19,24,29H,16-17H2,1-3H3,(H,27,28)/t19-,24-/m0/s1. The molecule has 1 amide bonds. The van der Waals surface area contributed by atoms with E-state index in [0.717, 1.165) is 28.7 Å². The van der Waals surface area contributed by atoms with Crippen LogP contribution < -0.4 is 5.32 Å². The molecule has 3 aromatic carbocycles. The van der Waals surface area contributed by atoms with Gasteiger partial charge in [-0.1, -0.05) is 72.8 Å². The maximum atomic E-state index is 12.9. The Kier molecular flexibility index (Phi) is 6.71. The second-order valence-corrected chi connectivity index (χ2v) is 7.77. The molecule has 0 unspecified atom stereocenters. The number of aromatic hydroxyl groups is 1. The Balaban J connectivity index is 1.79. The van der Waals surface area contributed by atoms with Crippen LogP contribution in [0.25, 0.3) is 0 Å². The molecule has 0 aliphatic rings. The quantitative estimate of drug-likeness (QED) is 0.579. The van der Waals surface area contributed by atoms with Gasteiger partial charge in [0.1, 0.15) is 5.75 Å². The third kappa shape index (κ3) is 5.26. The van der Waals surface area contributed by atoms with Crippen LogP contribution in [-0.4, -0.2) is 17.1 Å². The molecule has 3 heteroatoms. The normalized spacial score (nSPS) is 12.9. The third-order valence-electron chi connectivity index (χ3n) is 5.49. The summed E-state index contributed by atoms with van der Waals surface area (Å²) in [4.78, 5) is 12.9. The van der Waals surface area contributed by atoms with Gasteiger partial charge in [0.2, 0.25) is 5.91 Å². The minimum absolute atomic E-state index is 0.0140. The van der Waals surface area contributed by atoms with Crippen LogP contribution in [0.4, 0.5) is 0 Å². The van der Waals surface area contributed by atoms with E-state index in [-0.39, 0.29) is 23.6 Å². The largest absolute Gasteiger partial charge is 0.507 e. The fraction of sp³-hybridized carbons (Fsp3) is 0.269. The van der Waals surface area contributed by atoms with Gasteiger partial charge in [-0.2, -0.15) is 0 Å².